The number of aromatic nitrogens is 4. The lowest BCUT2D eigenvalue weighted by Gasteiger charge is -2.27. The molecule has 0 saturated heterocycles. The average molecular weight is 879 g/mol. The molecule has 0 spiro atoms. The van der Waals surface area contributed by atoms with E-state index in [0.717, 1.165) is 109 Å². The summed E-state index contributed by atoms with van der Waals surface area (Å²) in [6, 6.07) is 77.0. The molecule has 15 aromatic rings. The van der Waals surface area contributed by atoms with E-state index in [1.54, 1.807) is 0 Å². The lowest BCUT2D eigenvalue weighted by atomic mass is 9.98. The molecular weight excluding hydrogens is 845 g/mol. The number of nitrogens with zero attached hydrogens (tertiary/aromatic N) is 6. The predicted molar refractivity (Wildman–Crippen MR) is 281 cm³/mol. The quantitative estimate of drug-likeness (QED) is 0.177. The second-order valence-corrected chi connectivity index (χ2v) is 17.8. The average Bonchev–Trinajstić information content (AvgIpc) is 4.21. The first-order valence-electron chi connectivity index (χ1n) is 23.1. The van der Waals surface area contributed by atoms with Crippen molar-refractivity contribution in [1.82, 2.24) is 18.3 Å². The van der Waals surface area contributed by atoms with Crippen LogP contribution >= 0.6 is 0 Å². The Morgan fingerprint density at radius 2 is 0.580 bits per heavy atom. The van der Waals surface area contributed by atoms with E-state index >= 15 is 0 Å². The van der Waals surface area contributed by atoms with Crippen LogP contribution in [0.15, 0.2) is 211 Å². The maximum atomic E-state index is 12.4. The van der Waals surface area contributed by atoms with Crippen molar-refractivity contribution in [2.24, 2.45) is 0 Å². The summed E-state index contributed by atoms with van der Waals surface area (Å²) in [5, 5.41) is 35.0. The molecule has 0 atom stereocenters. The van der Waals surface area contributed by atoms with E-state index in [1.807, 2.05) is 36.4 Å². The smallest absolute Gasteiger partial charge is 0.136 e. The number of benzene rings is 10. The zero-order valence-electron chi connectivity index (χ0n) is 36.7. The minimum absolute atomic E-state index is 0.360. The number of nitriles is 2. The Bertz CT molecular complexity index is 4660. The van der Waals surface area contributed by atoms with Crippen LogP contribution in [0.5, 0.6) is 0 Å². The van der Waals surface area contributed by atoms with Crippen molar-refractivity contribution in [2.45, 2.75) is 0 Å². The summed E-state index contributed by atoms with van der Waals surface area (Å²) < 4.78 is 15.6. The summed E-state index contributed by atoms with van der Waals surface area (Å²) in [6.07, 6.45) is 0. The number of para-hydroxylation sites is 8. The van der Waals surface area contributed by atoms with Gasteiger partial charge in [0.15, 0.2) is 0 Å². The SMILES string of the molecule is N#Cc1c(-n2c3ccccc3c3ccccc32)c(C#N)c(-n2c3ccccc3c3c4c(ccc32)oc2ccccc24)c(-n2c3ccccc3c3ccccc32)c1-n1c2ccccc2c2ccccc21. The zero-order chi connectivity index (χ0) is 45.5. The molecule has 0 N–H and O–H groups in total. The molecule has 0 saturated carbocycles. The van der Waals surface area contributed by atoms with Crippen LogP contribution in [0.25, 0.3) is 132 Å². The van der Waals surface area contributed by atoms with Crippen LogP contribution in [-0.4, -0.2) is 18.3 Å². The predicted octanol–water partition coefficient (Wildman–Crippen LogP) is 15.7. The van der Waals surface area contributed by atoms with Crippen LogP contribution < -0.4 is 0 Å². The fourth-order valence-electron chi connectivity index (χ4n) is 11.8. The Morgan fingerprint density at radius 1 is 0.261 bits per heavy atom. The van der Waals surface area contributed by atoms with Crippen molar-refractivity contribution >= 4 is 109 Å². The summed E-state index contributed by atoms with van der Waals surface area (Å²) in [6.45, 7) is 0. The fourth-order valence-corrected chi connectivity index (χ4v) is 11.8. The molecule has 0 aliphatic rings. The molecule has 0 radical (unpaired) electrons. The molecule has 0 amide bonds. The second-order valence-electron chi connectivity index (χ2n) is 17.8. The monoisotopic (exact) mass is 878 g/mol. The van der Waals surface area contributed by atoms with Gasteiger partial charge in [-0.3, -0.25) is 0 Å². The van der Waals surface area contributed by atoms with Crippen molar-refractivity contribution < 1.29 is 4.42 Å². The van der Waals surface area contributed by atoms with E-state index < -0.39 is 0 Å². The Morgan fingerprint density at radius 3 is 1.00 bits per heavy atom. The molecule has 0 bridgehead atoms. The molecule has 15 rings (SSSR count). The molecule has 0 aliphatic heterocycles. The molecule has 318 valence electrons. The summed E-state index contributed by atoms with van der Waals surface area (Å²) in [4.78, 5) is 0. The van der Waals surface area contributed by atoms with Gasteiger partial charge in [-0.15, -0.1) is 0 Å². The largest absolute Gasteiger partial charge is 0.456 e. The maximum absolute atomic E-state index is 12.4. The summed E-state index contributed by atoms with van der Waals surface area (Å²) in [5.74, 6) is 0. The van der Waals surface area contributed by atoms with Crippen LogP contribution in [0.1, 0.15) is 11.1 Å². The van der Waals surface area contributed by atoms with Gasteiger partial charge < -0.3 is 22.7 Å². The lowest BCUT2D eigenvalue weighted by Crippen LogP contribution is -2.16. The summed E-state index contributed by atoms with van der Waals surface area (Å²) >= 11 is 0. The van der Waals surface area contributed by atoms with Gasteiger partial charge in [-0.25, -0.2) is 0 Å². The number of hydrogen-bond donors (Lipinski definition) is 0. The first kappa shape index (κ1) is 37.4. The number of fused-ring (bicyclic) bond motifs is 16. The van der Waals surface area contributed by atoms with E-state index in [-0.39, 0.29) is 0 Å². The van der Waals surface area contributed by atoms with Gasteiger partial charge in [0.25, 0.3) is 0 Å². The normalized spacial score (nSPS) is 12.0. The van der Waals surface area contributed by atoms with Crippen molar-refractivity contribution in [3.63, 3.8) is 0 Å². The summed E-state index contributed by atoms with van der Waals surface area (Å²) in [7, 11) is 0. The van der Waals surface area contributed by atoms with E-state index in [9.17, 15) is 10.5 Å². The summed E-state index contributed by atoms with van der Waals surface area (Å²) in [5.41, 5.74) is 12.2. The fraction of sp³-hybridized carbons (Fsp3) is 0. The van der Waals surface area contributed by atoms with Gasteiger partial charge in [-0.2, -0.15) is 10.5 Å². The molecule has 7 heteroatoms. The second kappa shape index (κ2) is 13.9. The Labute approximate surface area is 392 Å². The van der Waals surface area contributed by atoms with Crippen molar-refractivity contribution in [3.8, 4) is 34.9 Å². The van der Waals surface area contributed by atoms with E-state index in [0.29, 0.717) is 33.9 Å². The molecule has 5 aromatic heterocycles. The topological polar surface area (TPSA) is 80.4 Å². The molecule has 5 heterocycles. The van der Waals surface area contributed by atoms with E-state index in [2.05, 4.69) is 200 Å². The van der Waals surface area contributed by atoms with Crippen molar-refractivity contribution in [2.75, 3.05) is 0 Å². The van der Waals surface area contributed by atoms with Gasteiger partial charge in [-0.05, 0) is 60.7 Å². The third kappa shape index (κ3) is 4.82. The molecule has 69 heavy (non-hydrogen) atoms. The first-order chi connectivity index (χ1) is 34.2. The highest BCUT2D eigenvalue weighted by Crippen LogP contribution is 2.50. The van der Waals surface area contributed by atoms with E-state index in [1.165, 1.54) is 0 Å². The van der Waals surface area contributed by atoms with Crippen LogP contribution in [0.3, 0.4) is 0 Å². The van der Waals surface area contributed by atoms with Crippen LogP contribution in [-0.2, 0) is 0 Å². The Kier molecular flexibility index (Phi) is 7.51. The van der Waals surface area contributed by atoms with Crippen molar-refractivity contribution in [3.05, 3.63) is 217 Å². The van der Waals surface area contributed by atoms with Crippen LogP contribution in [0.2, 0.25) is 0 Å². The highest BCUT2D eigenvalue weighted by atomic mass is 16.3. The minimum Gasteiger partial charge on any atom is -0.456 e. The molecular formula is C62H34N6O. The third-order valence-corrected chi connectivity index (χ3v) is 14.4. The molecule has 0 fully saturated rings. The van der Waals surface area contributed by atoms with Gasteiger partial charge in [0.05, 0.1) is 66.9 Å². The Balaban J connectivity index is 1.29. The highest BCUT2D eigenvalue weighted by Gasteiger charge is 2.35. The molecule has 7 nitrogen and oxygen atoms in total. The van der Waals surface area contributed by atoms with Gasteiger partial charge in [0, 0.05) is 53.9 Å². The minimum atomic E-state index is 0.360. The molecule has 0 aliphatic carbocycles. The van der Waals surface area contributed by atoms with Crippen molar-refractivity contribution in [1.29, 1.82) is 10.5 Å². The van der Waals surface area contributed by atoms with Gasteiger partial charge >= 0.3 is 0 Å². The zero-order valence-corrected chi connectivity index (χ0v) is 36.7. The Hall–Kier alpha value is -9.82. The number of hydrogen-bond acceptors (Lipinski definition) is 3. The maximum Gasteiger partial charge on any atom is 0.136 e. The highest BCUT2D eigenvalue weighted by molar-refractivity contribution is 6.28. The van der Waals surface area contributed by atoms with Gasteiger partial charge in [-0.1, -0.05) is 146 Å². The standard InChI is InChI=1S/C62H34N6O/c63-35-45-59(65-47-25-9-1-17-37(47)38-18-2-10-26-48(38)65)46(36-64)61(68-53-31-15-7-23-43(53)57-54(68)33-34-56-58(57)44-24-8-16-32-55(44)69-56)62(67-51-29-13-5-21-41(51)42-22-6-14-30-52(42)67)60(45)66-49-27-11-3-19-39(49)40-20-4-12-28-50(40)66/h1-34H. The first-order valence-corrected chi connectivity index (χ1v) is 23.1. The third-order valence-electron chi connectivity index (χ3n) is 14.4. The molecule has 10 aromatic carbocycles. The number of rotatable bonds is 4. The lowest BCUT2D eigenvalue weighted by molar-refractivity contribution is 0.669. The van der Waals surface area contributed by atoms with Crippen LogP contribution in [0, 0.1) is 22.7 Å². The van der Waals surface area contributed by atoms with Gasteiger partial charge in [0.2, 0.25) is 0 Å². The van der Waals surface area contributed by atoms with E-state index in [4.69, 9.17) is 4.42 Å². The molecule has 0 unspecified atom stereocenters. The number of furan rings is 1. The van der Waals surface area contributed by atoms with Crippen LogP contribution in [0.4, 0.5) is 0 Å². The van der Waals surface area contributed by atoms with Gasteiger partial charge in [0.1, 0.15) is 34.4 Å².